The fraction of sp³-hybridized carbons (Fsp3) is 0.822. The van der Waals surface area contributed by atoms with E-state index in [-0.39, 0.29) is 99.4 Å². The third-order valence-electron chi connectivity index (χ3n) is 20.3. The summed E-state index contributed by atoms with van der Waals surface area (Å²) in [6, 6.07) is 4.28. The highest BCUT2D eigenvalue weighted by Crippen LogP contribution is 2.44. The van der Waals surface area contributed by atoms with Gasteiger partial charge in [-0.2, -0.15) is 0 Å². The topological polar surface area (TPSA) is 299 Å². The zero-order valence-corrected chi connectivity index (χ0v) is 74.3. The normalized spacial score (nSPS) is 13.8. The number of allylic oxidation sites excluding steroid dienone is 4. The second-order valence-electron chi connectivity index (χ2n) is 31.1. The Morgan fingerprint density at radius 2 is 0.632 bits per heavy atom. The Labute approximate surface area is 691 Å². The van der Waals surface area contributed by atoms with Crippen LogP contribution in [0.5, 0.6) is 0 Å². The van der Waals surface area contributed by atoms with E-state index in [1.54, 1.807) is 12.1 Å². The number of unbranched alkanes of at least 4 members (excludes halogenated alkanes) is 38. The second-order valence-corrected chi connectivity index (χ2v) is 34.0. The van der Waals surface area contributed by atoms with Gasteiger partial charge >= 0.3 is 27.6 Å². The first-order valence-electron chi connectivity index (χ1n) is 45.7. The van der Waals surface area contributed by atoms with Crippen LogP contribution in [-0.4, -0.2) is 136 Å². The summed E-state index contributed by atoms with van der Waals surface area (Å²) in [5.74, 6) is -2.37. The van der Waals surface area contributed by atoms with Gasteiger partial charge in [-0.1, -0.05) is 296 Å². The van der Waals surface area contributed by atoms with Crippen LogP contribution in [0.15, 0.2) is 48.6 Å². The fourth-order valence-corrected chi connectivity index (χ4v) is 14.9. The Morgan fingerprint density at radius 1 is 0.342 bits per heavy atom. The first-order chi connectivity index (χ1) is 55.4. The molecule has 662 valence electrons. The quantitative estimate of drug-likeness (QED) is 0.0153. The van der Waals surface area contributed by atoms with Gasteiger partial charge in [-0.25, -0.2) is 9.13 Å². The summed E-state index contributed by atoms with van der Waals surface area (Å²) in [5, 5.41) is 11.1. The van der Waals surface area contributed by atoms with Crippen molar-refractivity contribution in [3.63, 3.8) is 0 Å². The number of benzene rings is 1. The van der Waals surface area contributed by atoms with E-state index < -0.39 is 66.0 Å². The molecule has 0 radical (unpaired) electrons. The number of phosphoric ester groups is 2. The average molecular weight is 1650 g/mol. The molecular weight excluding hydrogens is 1490 g/mol. The van der Waals surface area contributed by atoms with Gasteiger partial charge in [0.25, 0.3) is 11.8 Å². The zero-order valence-electron chi connectivity index (χ0n) is 72.5. The molecule has 0 aliphatic heterocycles. The van der Waals surface area contributed by atoms with Gasteiger partial charge in [-0.3, -0.25) is 46.9 Å². The summed E-state index contributed by atoms with van der Waals surface area (Å²) < 4.78 is 72.2. The minimum atomic E-state index is -4.77. The highest BCUT2D eigenvalue weighted by Gasteiger charge is 2.28. The van der Waals surface area contributed by atoms with Crippen LogP contribution < -0.4 is 21.3 Å². The maximum atomic E-state index is 13.6. The van der Waals surface area contributed by atoms with Crippen molar-refractivity contribution in [1.82, 2.24) is 21.3 Å². The van der Waals surface area contributed by atoms with E-state index in [1.165, 1.54) is 153 Å². The van der Waals surface area contributed by atoms with E-state index in [0.717, 1.165) is 128 Å². The Morgan fingerprint density at radius 3 is 0.956 bits per heavy atom. The fourth-order valence-electron chi connectivity index (χ4n) is 13.3. The predicted octanol–water partition coefficient (Wildman–Crippen LogP) is 22.5. The van der Waals surface area contributed by atoms with Gasteiger partial charge in [0.2, 0.25) is 11.8 Å². The molecule has 114 heavy (non-hydrogen) atoms. The van der Waals surface area contributed by atoms with Gasteiger partial charge in [-0.15, -0.1) is 0 Å². The number of amides is 4. The van der Waals surface area contributed by atoms with E-state index in [4.69, 9.17) is 37.0 Å². The lowest BCUT2D eigenvalue weighted by Crippen LogP contribution is -2.41. The van der Waals surface area contributed by atoms with Gasteiger partial charge in [0.05, 0.1) is 76.1 Å². The van der Waals surface area contributed by atoms with E-state index in [1.807, 2.05) is 0 Å². The van der Waals surface area contributed by atoms with Crippen LogP contribution in [0.2, 0.25) is 0 Å². The lowest BCUT2D eigenvalue weighted by Gasteiger charge is -2.22. The molecule has 1 aromatic rings. The number of esters is 2. The number of rotatable bonds is 84. The van der Waals surface area contributed by atoms with Crippen LogP contribution in [0, 0.1) is 0 Å². The second kappa shape index (κ2) is 77.3. The smallest absolute Gasteiger partial charge is 0.462 e. The first kappa shape index (κ1) is 108. The highest BCUT2D eigenvalue weighted by atomic mass is 31.2. The van der Waals surface area contributed by atoms with Crippen molar-refractivity contribution >= 4 is 51.2 Å². The van der Waals surface area contributed by atoms with Crippen LogP contribution in [-0.2, 0) is 65.4 Å². The van der Waals surface area contributed by atoms with Crippen molar-refractivity contribution in [1.29, 1.82) is 0 Å². The lowest BCUT2D eigenvalue weighted by atomic mass is 10.1. The molecule has 0 aliphatic carbocycles. The van der Waals surface area contributed by atoms with Crippen LogP contribution in [0.25, 0.3) is 0 Å². The number of hydrogen-bond acceptors (Lipinski definition) is 16. The average Bonchev–Trinajstić information content (AvgIpc) is 0.843. The van der Waals surface area contributed by atoms with Crippen LogP contribution in [0.4, 0.5) is 0 Å². The molecule has 6 N–H and O–H groups in total. The van der Waals surface area contributed by atoms with Crippen molar-refractivity contribution < 1.29 is 84.7 Å². The monoisotopic (exact) mass is 1650 g/mol. The predicted molar refractivity (Wildman–Crippen MR) is 461 cm³/mol. The van der Waals surface area contributed by atoms with E-state index >= 15 is 0 Å². The summed E-state index contributed by atoms with van der Waals surface area (Å²) in [5.41, 5.74) is -0.0733. The SMILES string of the molecule is CCCCCCC=CCCCC(=O)O[C@H](CCCCCCC)CCOCC(COP(=O)(O)OCCNC(=O)c1ccccc1C(=O)NCCOP(=O)(O)OC[C@@H](COCC[C@@H](CCCCCCC)OC(=O)CCCC=CCCCCCC)NC(=O)CCCCCCCCCCCCC)NC(=O)CCCCCCCCCCCCC. The molecule has 1 rings (SSSR count). The van der Waals surface area contributed by atoms with Crippen molar-refractivity contribution in [2.24, 2.45) is 0 Å². The van der Waals surface area contributed by atoms with Crippen LogP contribution in [0.3, 0.4) is 0 Å². The molecule has 3 unspecified atom stereocenters. The Balaban J connectivity index is 2.99. The molecule has 0 fully saturated rings. The van der Waals surface area contributed by atoms with Gasteiger partial charge in [0.1, 0.15) is 12.2 Å². The van der Waals surface area contributed by atoms with E-state index in [9.17, 15) is 47.7 Å². The molecule has 0 saturated heterocycles. The number of phosphoric acid groups is 2. The van der Waals surface area contributed by atoms with E-state index in [0.29, 0.717) is 64.2 Å². The molecular formula is C90H164N4O18P2. The standard InChI is InChI=1S/C90H164N4O18P2/c1-7-13-19-25-29-33-35-39-41-47-53-63-85(95)93-79(75-105-71-67-81(59-51-45-23-17-11-5)111-87(97)65-55-49-43-37-31-27-21-15-9-3)77-109-113(101,102)107-73-69-91-89(99)83-61-57-58-62-84(83)90(100)92-70-74-108-114(103,104)110-78-80(94-86(96)64-54-48-42-40-36-34-30-26-20-14-8-2)76-106-72-68-82(60-52-46-24-18-12-6)112-88(98)66-56-50-44-38-32-28-22-16-10-4/h37-38,43-44,57-58,61-62,79-82H,7-36,39-42,45-56,59-60,63-78H2,1-6H3,(H,91,99)(H,92,100)(H,93,95)(H,94,96)(H,101,102)(H,103,104)/t79-,80?,81-,82-/m1/s1. The summed E-state index contributed by atoms with van der Waals surface area (Å²) in [6.45, 7) is 11.2. The molecule has 0 aromatic heterocycles. The Hall–Kier alpha value is -4.34. The zero-order chi connectivity index (χ0) is 83.3. The number of ether oxygens (including phenoxy) is 4. The molecule has 24 heteroatoms. The minimum Gasteiger partial charge on any atom is -0.462 e. The van der Waals surface area contributed by atoms with Crippen molar-refractivity contribution in [2.75, 3.05) is 65.9 Å². The molecule has 0 heterocycles. The summed E-state index contributed by atoms with van der Waals surface area (Å²) >= 11 is 0. The summed E-state index contributed by atoms with van der Waals surface area (Å²) in [6.07, 6.45) is 61.9. The lowest BCUT2D eigenvalue weighted by molar-refractivity contribution is -0.151. The molecule has 1 aromatic carbocycles. The van der Waals surface area contributed by atoms with Gasteiger partial charge in [-0.05, 0) is 102 Å². The molecule has 6 atom stereocenters. The maximum Gasteiger partial charge on any atom is 0.472 e. The highest BCUT2D eigenvalue weighted by molar-refractivity contribution is 7.47. The maximum absolute atomic E-state index is 13.6. The molecule has 0 spiro atoms. The number of carbonyl (C=O) groups excluding carboxylic acids is 6. The van der Waals surface area contributed by atoms with Crippen molar-refractivity contribution in [3.05, 3.63) is 59.7 Å². The molecule has 4 amide bonds. The molecule has 0 bridgehead atoms. The Bertz CT molecular complexity index is 2500. The first-order valence-corrected chi connectivity index (χ1v) is 48.7. The van der Waals surface area contributed by atoms with Crippen LogP contribution >= 0.6 is 15.6 Å². The van der Waals surface area contributed by atoms with Gasteiger partial charge in [0, 0.05) is 51.6 Å². The molecule has 0 saturated carbocycles. The van der Waals surface area contributed by atoms with Gasteiger partial charge < -0.3 is 50.0 Å². The largest absolute Gasteiger partial charge is 0.472 e. The Kier molecular flexibility index (Phi) is 73.0. The molecule has 22 nitrogen and oxygen atoms in total. The third-order valence-corrected chi connectivity index (χ3v) is 22.2. The van der Waals surface area contributed by atoms with Crippen LogP contribution in [0.1, 0.15) is 409 Å². The third kappa shape index (κ3) is 67.5. The summed E-state index contributed by atoms with van der Waals surface area (Å²) in [4.78, 5) is 102. The van der Waals surface area contributed by atoms with E-state index in [2.05, 4.69) is 87.1 Å². The van der Waals surface area contributed by atoms with Gasteiger partial charge in [0.15, 0.2) is 0 Å². The molecule has 0 aliphatic rings. The summed E-state index contributed by atoms with van der Waals surface area (Å²) in [7, 11) is -9.54. The minimum absolute atomic E-state index is 0.0366. The number of carbonyl (C=O) groups is 6. The number of hydrogen-bond donors (Lipinski definition) is 6. The van der Waals surface area contributed by atoms with Crippen molar-refractivity contribution in [3.8, 4) is 0 Å². The number of nitrogens with one attached hydrogen (secondary N) is 4. The van der Waals surface area contributed by atoms with Crippen molar-refractivity contribution in [2.45, 2.75) is 413 Å².